The minimum Gasteiger partial charge on any atom is -0.325 e. The lowest BCUT2D eigenvalue weighted by atomic mass is 10.0. The number of carbonyl (C=O) groups excluding carboxylic acids is 1. The summed E-state index contributed by atoms with van der Waals surface area (Å²) >= 11 is 9.02. The van der Waals surface area contributed by atoms with Crippen molar-refractivity contribution in [2.24, 2.45) is 0 Å². The van der Waals surface area contributed by atoms with Gasteiger partial charge in [0, 0.05) is 11.6 Å². The molecule has 0 aliphatic rings. The lowest BCUT2D eigenvalue weighted by Gasteiger charge is -2.15. The Balaban J connectivity index is 2.76. The molecule has 0 saturated carbocycles. The normalized spacial score (nSPS) is 12.3. The van der Waals surface area contributed by atoms with Crippen molar-refractivity contribution in [1.82, 2.24) is 0 Å². The van der Waals surface area contributed by atoms with Crippen LogP contribution in [0, 0.1) is 20.8 Å². The van der Waals surface area contributed by atoms with Crippen LogP contribution in [-0.2, 0) is 4.79 Å². The molecule has 1 N–H and O–H groups in total. The fraction of sp³-hybridized carbons (Fsp3) is 0.500. The van der Waals surface area contributed by atoms with Gasteiger partial charge in [-0.25, -0.2) is 0 Å². The van der Waals surface area contributed by atoms with E-state index >= 15 is 0 Å². The monoisotopic (exact) mass is 331 g/mol. The zero-order valence-corrected chi connectivity index (χ0v) is 13.4. The Morgan fingerprint density at radius 1 is 1.33 bits per heavy atom. The number of hydrogen-bond donors (Lipinski definition) is 1. The highest BCUT2D eigenvalue weighted by atomic mass is 79.9. The highest BCUT2D eigenvalue weighted by Gasteiger charge is 2.16. The molecule has 1 unspecified atom stereocenters. The maximum absolute atomic E-state index is 12.0. The molecule has 1 aromatic rings. The molecule has 0 bridgehead atoms. The molecule has 0 fully saturated rings. The Morgan fingerprint density at radius 2 is 1.89 bits per heavy atom. The average Bonchev–Trinajstić information content (AvgIpc) is 2.30. The van der Waals surface area contributed by atoms with Crippen LogP contribution in [0.15, 0.2) is 12.1 Å². The number of rotatable bonds is 5. The first-order valence-electron chi connectivity index (χ1n) is 6.04. The molecule has 0 aliphatic carbocycles. The van der Waals surface area contributed by atoms with Gasteiger partial charge in [-0.2, -0.15) is 0 Å². The molecule has 2 nitrogen and oxygen atoms in total. The molecule has 100 valence electrons. The average molecular weight is 333 g/mol. The Kier molecular flexibility index (Phi) is 6.16. The molecule has 0 heterocycles. The second-order valence-corrected chi connectivity index (χ2v) is 6.04. The Hall–Kier alpha value is -0.540. The van der Waals surface area contributed by atoms with Crippen LogP contribution < -0.4 is 5.32 Å². The maximum atomic E-state index is 12.0. The predicted octanol–water partition coefficient (Wildman–Crippen LogP) is 4.33. The van der Waals surface area contributed by atoms with E-state index in [2.05, 4.69) is 40.3 Å². The first-order chi connectivity index (χ1) is 8.45. The summed E-state index contributed by atoms with van der Waals surface area (Å²) in [7, 11) is 0. The smallest absolute Gasteiger partial charge is 0.238 e. The number of anilines is 1. The van der Waals surface area contributed by atoms with E-state index in [1.165, 1.54) is 5.56 Å². The third-order valence-corrected chi connectivity index (χ3v) is 3.94. The van der Waals surface area contributed by atoms with Crippen molar-refractivity contribution < 1.29 is 4.79 Å². The Labute approximate surface area is 122 Å². The van der Waals surface area contributed by atoms with Gasteiger partial charge < -0.3 is 5.32 Å². The molecule has 1 aromatic carbocycles. The largest absolute Gasteiger partial charge is 0.325 e. The van der Waals surface area contributed by atoms with E-state index in [-0.39, 0.29) is 10.7 Å². The van der Waals surface area contributed by atoms with Crippen molar-refractivity contribution in [2.45, 2.75) is 38.4 Å². The van der Waals surface area contributed by atoms with Crippen LogP contribution in [0.2, 0.25) is 0 Å². The van der Waals surface area contributed by atoms with Gasteiger partial charge in [-0.3, -0.25) is 4.79 Å². The minimum atomic E-state index is -0.184. The molecular weight excluding hydrogens is 314 g/mol. The number of carbonyl (C=O) groups is 1. The van der Waals surface area contributed by atoms with Gasteiger partial charge in [-0.05, 0) is 44.7 Å². The molecule has 0 radical (unpaired) electrons. The van der Waals surface area contributed by atoms with Gasteiger partial charge in [0.15, 0.2) is 0 Å². The van der Waals surface area contributed by atoms with Crippen molar-refractivity contribution in [3.63, 3.8) is 0 Å². The van der Waals surface area contributed by atoms with Crippen LogP contribution in [0.5, 0.6) is 0 Å². The maximum Gasteiger partial charge on any atom is 0.238 e. The van der Waals surface area contributed by atoms with Crippen LogP contribution in [0.3, 0.4) is 0 Å². The molecule has 1 amide bonds. The third kappa shape index (κ3) is 4.29. The van der Waals surface area contributed by atoms with Gasteiger partial charge in [0.2, 0.25) is 5.91 Å². The number of aryl methyl sites for hydroxylation is 3. The zero-order chi connectivity index (χ0) is 13.7. The summed E-state index contributed by atoms with van der Waals surface area (Å²) in [5.74, 6) is 0.577. The van der Waals surface area contributed by atoms with Crippen LogP contribution in [0.1, 0.15) is 29.5 Å². The molecule has 0 aliphatic heterocycles. The van der Waals surface area contributed by atoms with Gasteiger partial charge in [-0.15, -0.1) is 11.6 Å². The Bertz CT molecular complexity index is 411. The number of benzene rings is 1. The summed E-state index contributed by atoms with van der Waals surface area (Å²) < 4.78 is 0. The lowest BCUT2D eigenvalue weighted by molar-refractivity contribution is -0.115. The summed E-state index contributed by atoms with van der Waals surface area (Å²) in [5, 5.41) is 2.99. The van der Waals surface area contributed by atoms with Crippen LogP contribution >= 0.6 is 27.5 Å². The number of halogens is 2. The highest BCUT2D eigenvalue weighted by Crippen LogP contribution is 2.23. The third-order valence-electron chi connectivity index (χ3n) is 2.80. The quantitative estimate of drug-likeness (QED) is 0.799. The van der Waals surface area contributed by atoms with Crippen molar-refractivity contribution in [1.29, 1.82) is 0 Å². The summed E-state index contributed by atoms with van der Waals surface area (Å²) in [5.41, 5.74) is 4.32. The molecular formula is C14H19BrClNO. The number of alkyl halides is 2. The topological polar surface area (TPSA) is 29.1 Å². The summed E-state index contributed by atoms with van der Waals surface area (Å²) in [6.07, 6.45) is 1.58. The molecule has 0 saturated heterocycles. The first-order valence-corrected chi connectivity index (χ1v) is 7.49. The second-order valence-electron chi connectivity index (χ2n) is 4.56. The molecule has 0 aromatic heterocycles. The van der Waals surface area contributed by atoms with Crippen molar-refractivity contribution in [2.75, 3.05) is 11.2 Å². The summed E-state index contributed by atoms with van der Waals surface area (Å²) in [6, 6.07) is 4.15. The van der Waals surface area contributed by atoms with E-state index in [9.17, 15) is 4.79 Å². The fourth-order valence-electron chi connectivity index (χ4n) is 1.97. The first kappa shape index (κ1) is 15.5. The van der Waals surface area contributed by atoms with Crippen LogP contribution in [-0.4, -0.2) is 16.6 Å². The van der Waals surface area contributed by atoms with Crippen LogP contribution in [0.25, 0.3) is 0 Å². The van der Waals surface area contributed by atoms with E-state index in [1.54, 1.807) is 0 Å². The SMILES string of the molecule is Cc1cc(C)c(NC(=O)C(Br)CCCCl)c(C)c1. The molecule has 4 heteroatoms. The minimum absolute atomic E-state index is 0.00447. The molecule has 0 spiro atoms. The van der Waals surface area contributed by atoms with E-state index < -0.39 is 0 Å². The fourth-order valence-corrected chi connectivity index (χ4v) is 2.56. The lowest BCUT2D eigenvalue weighted by Crippen LogP contribution is -2.23. The van der Waals surface area contributed by atoms with Gasteiger partial charge in [-0.1, -0.05) is 33.6 Å². The molecule has 18 heavy (non-hydrogen) atoms. The number of hydrogen-bond acceptors (Lipinski definition) is 1. The van der Waals surface area contributed by atoms with E-state index in [4.69, 9.17) is 11.6 Å². The number of amides is 1. The van der Waals surface area contributed by atoms with Crippen molar-refractivity contribution in [3.8, 4) is 0 Å². The molecule has 1 atom stereocenters. The Morgan fingerprint density at radius 3 is 2.39 bits per heavy atom. The highest BCUT2D eigenvalue weighted by molar-refractivity contribution is 9.10. The van der Waals surface area contributed by atoms with Gasteiger partial charge >= 0.3 is 0 Å². The zero-order valence-electron chi connectivity index (χ0n) is 11.0. The van der Waals surface area contributed by atoms with Crippen molar-refractivity contribution >= 4 is 39.1 Å². The second kappa shape index (κ2) is 7.15. The predicted molar refractivity (Wildman–Crippen MR) is 82.0 cm³/mol. The van der Waals surface area contributed by atoms with Crippen molar-refractivity contribution in [3.05, 3.63) is 28.8 Å². The standard InChI is InChI=1S/C14H19BrClNO/c1-9-7-10(2)13(11(3)8-9)17-14(18)12(15)5-4-6-16/h7-8,12H,4-6H2,1-3H3,(H,17,18). The summed E-state index contributed by atoms with van der Waals surface area (Å²) in [6.45, 7) is 6.08. The van der Waals surface area contributed by atoms with E-state index in [0.717, 1.165) is 29.7 Å². The van der Waals surface area contributed by atoms with Crippen LogP contribution in [0.4, 0.5) is 5.69 Å². The van der Waals surface area contributed by atoms with Gasteiger partial charge in [0.1, 0.15) is 0 Å². The van der Waals surface area contributed by atoms with Gasteiger partial charge in [0.25, 0.3) is 0 Å². The number of nitrogens with one attached hydrogen (secondary N) is 1. The summed E-state index contributed by atoms with van der Waals surface area (Å²) in [4.78, 5) is 11.8. The molecule has 1 rings (SSSR count). The van der Waals surface area contributed by atoms with E-state index in [0.29, 0.717) is 5.88 Å². The van der Waals surface area contributed by atoms with E-state index in [1.807, 2.05) is 13.8 Å². The van der Waals surface area contributed by atoms with Gasteiger partial charge in [0.05, 0.1) is 4.83 Å².